The van der Waals surface area contributed by atoms with Crippen molar-refractivity contribution in [1.29, 1.82) is 0 Å². The number of carbonyl (C=O) groups excluding carboxylic acids is 1. The topological polar surface area (TPSA) is 103 Å². The van der Waals surface area contributed by atoms with E-state index in [1.165, 1.54) is 40.4 Å². The second kappa shape index (κ2) is 10.5. The van der Waals surface area contributed by atoms with Gasteiger partial charge in [-0.3, -0.25) is 14.2 Å². The number of nitrogens with zero attached hydrogens (tertiary/aromatic N) is 5. The number of fused-ring (bicyclic) bond motifs is 1. The molecule has 35 heavy (non-hydrogen) atoms. The molecule has 1 amide bonds. The first-order valence-corrected chi connectivity index (χ1v) is 13.5. The number of rotatable bonds is 8. The van der Waals surface area contributed by atoms with Crippen LogP contribution in [-0.4, -0.2) is 36.2 Å². The molecule has 0 saturated heterocycles. The molecule has 0 spiro atoms. The summed E-state index contributed by atoms with van der Waals surface area (Å²) in [5.74, 6) is -0.141. The van der Waals surface area contributed by atoms with Crippen molar-refractivity contribution in [2.24, 2.45) is 0 Å². The first-order chi connectivity index (χ1) is 17.1. The summed E-state index contributed by atoms with van der Waals surface area (Å²) in [6.07, 6.45) is 3.63. The van der Waals surface area contributed by atoms with E-state index >= 15 is 0 Å². The smallest absolute Gasteiger partial charge is 0.282 e. The second-order valence-electron chi connectivity index (χ2n) is 7.60. The van der Waals surface area contributed by atoms with E-state index in [2.05, 4.69) is 25.3 Å². The van der Waals surface area contributed by atoms with Gasteiger partial charge in [0.2, 0.25) is 5.91 Å². The number of nitrogens with one attached hydrogen (secondary N) is 1. The predicted molar refractivity (Wildman–Crippen MR) is 141 cm³/mol. The van der Waals surface area contributed by atoms with Gasteiger partial charge in [0, 0.05) is 29.2 Å². The van der Waals surface area contributed by atoms with Crippen molar-refractivity contribution in [2.45, 2.75) is 25.0 Å². The molecule has 4 heterocycles. The molecule has 0 fully saturated rings. The number of anilines is 1. The Morgan fingerprint density at radius 2 is 1.91 bits per heavy atom. The molecule has 8 nitrogen and oxygen atoms in total. The molecule has 0 radical (unpaired) electrons. The van der Waals surface area contributed by atoms with Crippen molar-refractivity contribution in [3.05, 3.63) is 81.0 Å². The van der Waals surface area contributed by atoms with Crippen LogP contribution in [-0.2, 0) is 17.8 Å². The highest BCUT2D eigenvalue weighted by Crippen LogP contribution is 2.30. The van der Waals surface area contributed by atoms with Gasteiger partial charge in [0.15, 0.2) is 21.5 Å². The molecule has 0 saturated carbocycles. The molecule has 0 atom stereocenters. The van der Waals surface area contributed by atoms with Crippen LogP contribution in [0.1, 0.15) is 10.4 Å². The molecule has 11 heteroatoms. The average Bonchev–Trinajstić information content (AvgIpc) is 3.52. The predicted octanol–water partition coefficient (Wildman–Crippen LogP) is 4.65. The zero-order valence-electron chi connectivity index (χ0n) is 18.7. The second-order valence-corrected chi connectivity index (χ2v) is 10.7. The van der Waals surface area contributed by atoms with E-state index in [-0.39, 0.29) is 28.4 Å². The lowest BCUT2D eigenvalue weighted by molar-refractivity contribution is -0.113. The largest absolute Gasteiger partial charge is 0.301 e. The normalized spacial score (nSPS) is 11.1. The average molecular weight is 521 g/mol. The van der Waals surface area contributed by atoms with E-state index in [0.717, 1.165) is 16.1 Å². The van der Waals surface area contributed by atoms with Crippen LogP contribution < -0.4 is 10.9 Å². The van der Waals surface area contributed by atoms with Crippen LogP contribution in [0.3, 0.4) is 0 Å². The lowest BCUT2D eigenvalue weighted by Crippen LogP contribution is -2.26. The Bertz CT molecular complexity index is 1540. The molecule has 1 aromatic carbocycles. The first-order valence-electron chi connectivity index (χ1n) is 10.8. The summed E-state index contributed by atoms with van der Waals surface area (Å²) in [7, 11) is 0. The third kappa shape index (κ3) is 5.47. The fraction of sp³-hybridized carbons (Fsp3) is 0.167. The summed E-state index contributed by atoms with van der Waals surface area (Å²) in [6.45, 7) is 2.47. The minimum atomic E-state index is -0.266. The van der Waals surface area contributed by atoms with E-state index in [0.29, 0.717) is 23.3 Å². The van der Waals surface area contributed by atoms with Crippen molar-refractivity contribution in [2.75, 3.05) is 11.1 Å². The summed E-state index contributed by atoms with van der Waals surface area (Å²) in [6, 6.07) is 14.0. The van der Waals surface area contributed by atoms with E-state index in [1.807, 2.05) is 54.8 Å². The van der Waals surface area contributed by atoms with E-state index < -0.39 is 0 Å². The molecule has 5 rings (SSSR count). The highest BCUT2D eigenvalue weighted by atomic mass is 32.2. The Hall–Kier alpha value is -3.41. The van der Waals surface area contributed by atoms with Gasteiger partial charge in [-0.1, -0.05) is 42.1 Å². The molecule has 5 aromatic rings. The molecule has 0 aliphatic rings. The quantitative estimate of drug-likeness (QED) is 0.235. The number of thioether (sulfide) groups is 1. The molecular formula is C24H20N6O2S3. The fourth-order valence-electron chi connectivity index (χ4n) is 3.42. The van der Waals surface area contributed by atoms with E-state index in [9.17, 15) is 9.59 Å². The van der Waals surface area contributed by atoms with Gasteiger partial charge in [0.25, 0.3) is 5.56 Å². The lowest BCUT2D eigenvalue weighted by Gasteiger charge is -2.12. The highest BCUT2D eigenvalue weighted by Gasteiger charge is 2.16. The molecule has 1 N–H and O–H groups in total. The van der Waals surface area contributed by atoms with Crippen molar-refractivity contribution in [1.82, 2.24) is 24.5 Å². The number of amides is 1. The number of thiazole rings is 1. The zero-order valence-corrected chi connectivity index (χ0v) is 21.1. The van der Waals surface area contributed by atoms with Crippen LogP contribution in [0.5, 0.6) is 0 Å². The van der Waals surface area contributed by atoms with Crippen molar-refractivity contribution >= 4 is 56.6 Å². The standard InChI is InChI=1S/C24H20N6O2S3/c1-15-7-8-18(35-15)17-13-33-23(27-17)28-19(31)14-34-24-29-21-20(25-10-11-26-21)22(32)30(24)12-9-16-5-3-2-4-6-16/h2-8,10-11,13H,9,12,14H2,1H3,(H,27,28,31). The van der Waals surface area contributed by atoms with Gasteiger partial charge in [0.05, 0.1) is 16.3 Å². The minimum absolute atomic E-state index is 0.0799. The molecular weight excluding hydrogens is 501 g/mol. The molecule has 4 aromatic heterocycles. The molecule has 0 aliphatic carbocycles. The summed E-state index contributed by atoms with van der Waals surface area (Å²) < 4.78 is 1.57. The van der Waals surface area contributed by atoms with Crippen molar-refractivity contribution in [3.8, 4) is 10.6 Å². The Balaban J connectivity index is 1.32. The van der Waals surface area contributed by atoms with Gasteiger partial charge in [-0.2, -0.15) is 0 Å². The zero-order chi connectivity index (χ0) is 24.2. The molecule has 0 bridgehead atoms. The van der Waals surface area contributed by atoms with E-state index in [1.54, 1.807) is 15.9 Å². The van der Waals surface area contributed by atoms with Crippen LogP contribution in [0.4, 0.5) is 5.13 Å². The summed E-state index contributed by atoms with van der Waals surface area (Å²) >= 11 is 4.24. The van der Waals surface area contributed by atoms with Crippen LogP contribution in [0, 0.1) is 6.92 Å². The van der Waals surface area contributed by atoms with Crippen molar-refractivity contribution in [3.63, 3.8) is 0 Å². The van der Waals surface area contributed by atoms with Gasteiger partial charge >= 0.3 is 0 Å². The molecule has 0 aliphatic heterocycles. The maximum atomic E-state index is 13.1. The van der Waals surface area contributed by atoms with Gasteiger partial charge < -0.3 is 5.32 Å². The summed E-state index contributed by atoms with van der Waals surface area (Å²) in [5.41, 5.74) is 2.17. The Labute approximate surface area is 213 Å². The number of aryl methyl sites for hydroxylation is 2. The summed E-state index contributed by atoms with van der Waals surface area (Å²) in [4.78, 5) is 45.5. The van der Waals surface area contributed by atoms with Crippen LogP contribution >= 0.6 is 34.4 Å². The number of hydrogen-bond acceptors (Lipinski definition) is 9. The lowest BCUT2D eigenvalue weighted by atomic mass is 10.1. The number of hydrogen-bond donors (Lipinski definition) is 1. The van der Waals surface area contributed by atoms with Gasteiger partial charge in [0.1, 0.15) is 0 Å². The number of carbonyl (C=O) groups is 1. The maximum Gasteiger partial charge on any atom is 0.282 e. The Morgan fingerprint density at radius 3 is 2.71 bits per heavy atom. The Kier molecular flexibility index (Phi) is 6.98. The van der Waals surface area contributed by atoms with Crippen molar-refractivity contribution < 1.29 is 4.79 Å². The number of thiophene rings is 1. The van der Waals surface area contributed by atoms with Crippen LogP contribution in [0.2, 0.25) is 0 Å². The maximum absolute atomic E-state index is 13.1. The van der Waals surface area contributed by atoms with Crippen LogP contribution in [0.25, 0.3) is 21.7 Å². The minimum Gasteiger partial charge on any atom is -0.301 e. The SMILES string of the molecule is Cc1ccc(-c2csc(NC(=O)CSc3nc4nccnc4c(=O)n3CCc3ccccc3)n2)s1. The molecule has 176 valence electrons. The van der Waals surface area contributed by atoms with Gasteiger partial charge in [-0.15, -0.1) is 22.7 Å². The number of benzene rings is 1. The third-order valence-electron chi connectivity index (χ3n) is 5.10. The Morgan fingerprint density at radius 1 is 1.09 bits per heavy atom. The van der Waals surface area contributed by atoms with E-state index in [4.69, 9.17) is 0 Å². The third-order valence-corrected chi connectivity index (χ3v) is 7.86. The fourth-order valence-corrected chi connectivity index (χ4v) is 5.87. The first kappa shape index (κ1) is 23.3. The number of aromatic nitrogens is 5. The highest BCUT2D eigenvalue weighted by molar-refractivity contribution is 7.99. The van der Waals surface area contributed by atoms with Crippen LogP contribution in [0.15, 0.2) is 70.2 Å². The summed E-state index contributed by atoms with van der Waals surface area (Å²) in [5, 5.41) is 5.75. The van der Waals surface area contributed by atoms with Gasteiger partial charge in [-0.05, 0) is 31.0 Å². The van der Waals surface area contributed by atoms with Gasteiger partial charge in [-0.25, -0.2) is 19.9 Å². The monoisotopic (exact) mass is 520 g/mol. The molecule has 0 unspecified atom stereocenters.